The van der Waals surface area contributed by atoms with Crippen molar-refractivity contribution in [3.05, 3.63) is 0 Å². The smallest absolute Gasteiger partial charge is 0.225 e. The van der Waals surface area contributed by atoms with Gasteiger partial charge < -0.3 is 10.2 Å². The molecule has 1 N–H and O–H groups in total. The molecule has 0 aromatic rings. The Kier molecular flexibility index (Phi) is 4.00. The van der Waals surface area contributed by atoms with E-state index < -0.39 is 0 Å². The fourth-order valence-corrected chi connectivity index (χ4v) is 1.65. The molecule has 1 saturated carbocycles. The fraction of sp³-hybridized carbons (Fsp3) is 0.889. The lowest BCUT2D eigenvalue weighted by atomic mass is 10.3. The Morgan fingerprint density at radius 1 is 1.23 bits per heavy atom. The van der Waals surface area contributed by atoms with E-state index >= 15 is 0 Å². The molecular formula is C9H17ClN2O. The van der Waals surface area contributed by atoms with Gasteiger partial charge >= 0.3 is 0 Å². The average molecular weight is 205 g/mol. The van der Waals surface area contributed by atoms with E-state index in [9.17, 15) is 4.79 Å². The van der Waals surface area contributed by atoms with Crippen LogP contribution in [0.2, 0.25) is 0 Å². The molecule has 13 heavy (non-hydrogen) atoms. The molecule has 0 atom stereocenters. The van der Waals surface area contributed by atoms with Crippen LogP contribution >= 0.6 is 12.4 Å². The van der Waals surface area contributed by atoms with Gasteiger partial charge in [0.15, 0.2) is 0 Å². The standard InChI is InChI=1S/C9H16N2O.ClH/c12-9(8-2-3-8)11-6-1-4-10-5-7-11;/h8,10H,1-7H2;1H. The van der Waals surface area contributed by atoms with E-state index in [1.54, 1.807) is 0 Å². The van der Waals surface area contributed by atoms with Crippen LogP contribution in [0, 0.1) is 5.92 Å². The predicted octanol–water partition coefficient (Wildman–Crippen LogP) is 0.640. The molecule has 0 aromatic heterocycles. The highest BCUT2D eigenvalue weighted by molar-refractivity contribution is 5.85. The van der Waals surface area contributed by atoms with Crippen LogP contribution in [0.25, 0.3) is 0 Å². The molecule has 76 valence electrons. The Morgan fingerprint density at radius 2 is 2.00 bits per heavy atom. The molecule has 0 aromatic carbocycles. The van der Waals surface area contributed by atoms with Gasteiger partial charge in [-0.15, -0.1) is 12.4 Å². The third kappa shape index (κ3) is 2.85. The maximum Gasteiger partial charge on any atom is 0.225 e. The quantitative estimate of drug-likeness (QED) is 0.680. The lowest BCUT2D eigenvalue weighted by Gasteiger charge is -2.19. The average Bonchev–Trinajstić information content (AvgIpc) is 2.92. The Labute approximate surface area is 85.3 Å². The highest BCUT2D eigenvalue weighted by Crippen LogP contribution is 2.30. The van der Waals surface area contributed by atoms with Gasteiger partial charge in [0.2, 0.25) is 5.91 Å². The topological polar surface area (TPSA) is 32.3 Å². The number of rotatable bonds is 1. The van der Waals surface area contributed by atoms with Crippen LogP contribution in [0.3, 0.4) is 0 Å². The van der Waals surface area contributed by atoms with E-state index in [2.05, 4.69) is 5.32 Å². The highest BCUT2D eigenvalue weighted by atomic mass is 35.5. The first-order valence-electron chi connectivity index (χ1n) is 4.87. The third-order valence-electron chi connectivity index (χ3n) is 2.58. The van der Waals surface area contributed by atoms with Crippen molar-refractivity contribution in [3.63, 3.8) is 0 Å². The second-order valence-corrected chi connectivity index (χ2v) is 3.70. The zero-order valence-electron chi connectivity index (χ0n) is 7.79. The van der Waals surface area contributed by atoms with E-state index in [1.807, 2.05) is 4.90 Å². The molecule has 2 aliphatic rings. The Bertz CT molecular complexity index is 174. The number of halogens is 1. The molecule has 4 heteroatoms. The normalized spacial score (nSPS) is 23.2. The third-order valence-corrected chi connectivity index (χ3v) is 2.58. The van der Waals surface area contributed by atoms with Crippen molar-refractivity contribution in [2.24, 2.45) is 5.92 Å². The van der Waals surface area contributed by atoms with Gasteiger partial charge in [0.1, 0.15) is 0 Å². The van der Waals surface area contributed by atoms with Gasteiger partial charge in [-0.2, -0.15) is 0 Å². The van der Waals surface area contributed by atoms with Gasteiger partial charge in [0, 0.05) is 25.6 Å². The number of nitrogens with zero attached hydrogens (tertiary/aromatic N) is 1. The minimum Gasteiger partial charge on any atom is -0.341 e. The lowest BCUT2D eigenvalue weighted by Crippen LogP contribution is -2.35. The lowest BCUT2D eigenvalue weighted by molar-refractivity contribution is -0.132. The van der Waals surface area contributed by atoms with E-state index in [4.69, 9.17) is 0 Å². The summed E-state index contributed by atoms with van der Waals surface area (Å²) in [6.45, 7) is 3.91. The van der Waals surface area contributed by atoms with Crippen LogP contribution in [0.5, 0.6) is 0 Å². The van der Waals surface area contributed by atoms with Crippen LogP contribution in [0.15, 0.2) is 0 Å². The molecule has 1 saturated heterocycles. The van der Waals surface area contributed by atoms with Crippen molar-refractivity contribution in [2.75, 3.05) is 26.2 Å². The van der Waals surface area contributed by atoms with Crippen molar-refractivity contribution in [1.82, 2.24) is 10.2 Å². The molecule has 0 radical (unpaired) electrons. The summed E-state index contributed by atoms with van der Waals surface area (Å²) in [6.07, 6.45) is 3.37. The Morgan fingerprint density at radius 3 is 2.69 bits per heavy atom. The van der Waals surface area contributed by atoms with Gasteiger partial charge in [0.05, 0.1) is 0 Å². The minimum absolute atomic E-state index is 0. The molecule has 1 amide bonds. The first-order valence-corrected chi connectivity index (χ1v) is 4.87. The van der Waals surface area contributed by atoms with E-state index in [0.29, 0.717) is 11.8 Å². The summed E-state index contributed by atoms with van der Waals surface area (Å²) in [7, 11) is 0. The van der Waals surface area contributed by atoms with Crippen molar-refractivity contribution < 1.29 is 4.79 Å². The van der Waals surface area contributed by atoms with E-state index in [-0.39, 0.29) is 12.4 Å². The molecule has 1 aliphatic heterocycles. The summed E-state index contributed by atoms with van der Waals surface area (Å²) in [5.74, 6) is 0.793. The SMILES string of the molecule is Cl.O=C(C1CC1)N1CCCNCC1. The van der Waals surface area contributed by atoms with Crippen molar-refractivity contribution in [1.29, 1.82) is 0 Å². The number of carbonyl (C=O) groups is 1. The summed E-state index contributed by atoms with van der Waals surface area (Å²) in [4.78, 5) is 13.6. The van der Waals surface area contributed by atoms with Crippen LogP contribution in [-0.4, -0.2) is 37.0 Å². The maximum atomic E-state index is 11.6. The van der Waals surface area contributed by atoms with Gasteiger partial charge in [-0.25, -0.2) is 0 Å². The molecule has 0 spiro atoms. The Hall–Kier alpha value is -0.280. The van der Waals surface area contributed by atoms with Crippen molar-refractivity contribution >= 4 is 18.3 Å². The number of amides is 1. The van der Waals surface area contributed by atoms with Gasteiger partial charge in [0.25, 0.3) is 0 Å². The van der Waals surface area contributed by atoms with E-state index in [0.717, 1.165) is 45.4 Å². The van der Waals surface area contributed by atoms with E-state index in [1.165, 1.54) is 0 Å². The summed E-state index contributed by atoms with van der Waals surface area (Å²) in [5.41, 5.74) is 0. The molecule has 0 unspecified atom stereocenters. The van der Waals surface area contributed by atoms with Crippen molar-refractivity contribution in [2.45, 2.75) is 19.3 Å². The van der Waals surface area contributed by atoms with Crippen molar-refractivity contribution in [3.8, 4) is 0 Å². The largest absolute Gasteiger partial charge is 0.341 e. The maximum absolute atomic E-state index is 11.6. The zero-order chi connectivity index (χ0) is 8.39. The van der Waals surface area contributed by atoms with Gasteiger partial charge in [-0.1, -0.05) is 0 Å². The zero-order valence-corrected chi connectivity index (χ0v) is 8.61. The molecule has 3 nitrogen and oxygen atoms in total. The summed E-state index contributed by atoms with van der Waals surface area (Å²) in [5, 5.41) is 3.30. The van der Waals surface area contributed by atoms with Crippen LogP contribution in [0.4, 0.5) is 0 Å². The molecule has 1 aliphatic carbocycles. The van der Waals surface area contributed by atoms with Crippen LogP contribution in [0.1, 0.15) is 19.3 Å². The van der Waals surface area contributed by atoms with Gasteiger partial charge in [-0.05, 0) is 25.8 Å². The Balaban J connectivity index is 0.000000845. The first kappa shape index (κ1) is 10.8. The first-order chi connectivity index (χ1) is 5.88. The highest BCUT2D eigenvalue weighted by Gasteiger charge is 2.33. The molecule has 0 bridgehead atoms. The summed E-state index contributed by atoms with van der Waals surface area (Å²) in [6, 6.07) is 0. The molecule has 1 heterocycles. The molecular weight excluding hydrogens is 188 g/mol. The number of nitrogens with one attached hydrogen (secondary N) is 1. The number of hydrogen-bond donors (Lipinski definition) is 1. The molecule has 2 fully saturated rings. The summed E-state index contributed by atoms with van der Waals surface area (Å²) >= 11 is 0. The summed E-state index contributed by atoms with van der Waals surface area (Å²) < 4.78 is 0. The molecule has 2 rings (SSSR count). The number of hydrogen-bond acceptors (Lipinski definition) is 2. The monoisotopic (exact) mass is 204 g/mol. The van der Waals surface area contributed by atoms with Gasteiger partial charge in [-0.3, -0.25) is 4.79 Å². The predicted molar refractivity (Wildman–Crippen MR) is 54.0 cm³/mol. The second-order valence-electron chi connectivity index (χ2n) is 3.70. The van der Waals surface area contributed by atoms with Crippen LogP contribution in [-0.2, 0) is 4.79 Å². The van der Waals surface area contributed by atoms with Crippen LogP contribution < -0.4 is 5.32 Å². The number of carbonyl (C=O) groups excluding carboxylic acids is 1. The fourth-order valence-electron chi connectivity index (χ4n) is 1.65. The minimum atomic E-state index is 0. The second kappa shape index (κ2) is 4.82.